The van der Waals surface area contributed by atoms with Gasteiger partial charge in [-0.05, 0) is 19.4 Å². The summed E-state index contributed by atoms with van der Waals surface area (Å²) in [7, 11) is 0. The van der Waals surface area contributed by atoms with Crippen LogP contribution in [0.25, 0.3) is 0 Å². The second-order valence-corrected chi connectivity index (χ2v) is 3.15. The molecule has 2 N–H and O–H groups in total. The van der Waals surface area contributed by atoms with E-state index in [2.05, 4.69) is 0 Å². The number of hydrogen-bond donors (Lipinski definition) is 1. The zero-order valence-electron chi connectivity index (χ0n) is 8.23. The highest BCUT2D eigenvalue weighted by atomic mass is 16.5. The standard InChI is InChI=1S/C11H17NO/c1-3-13-11(9(2)12)10-7-5-4-6-8-10/h4-9,11H,3,12H2,1-2H3/t9-,11+/m0/s1. The predicted molar refractivity (Wildman–Crippen MR) is 54.5 cm³/mol. The van der Waals surface area contributed by atoms with Crippen LogP contribution in [0.3, 0.4) is 0 Å². The monoisotopic (exact) mass is 179 g/mol. The third-order valence-electron chi connectivity index (χ3n) is 1.95. The van der Waals surface area contributed by atoms with E-state index in [4.69, 9.17) is 10.5 Å². The van der Waals surface area contributed by atoms with Gasteiger partial charge in [0.25, 0.3) is 0 Å². The van der Waals surface area contributed by atoms with Crippen LogP contribution in [-0.4, -0.2) is 12.6 Å². The minimum absolute atomic E-state index is 0.0196. The van der Waals surface area contributed by atoms with E-state index < -0.39 is 0 Å². The van der Waals surface area contributed by atoms with Gasteiger partial charge in [0.15, 0.2) is 0 Å². The molecule has 0 unspecified atom stereocenters. The maximum absolute atomic E-state index is 5.83. The maximum atomic E-state index is 5.83. The summed E-state index contributed by atoms with van der Waals surface area (Å²) in [5.74, 6) is 0. The van der Waals surface area contributed by atoms with E-state index >= 15 is 0 Å². The van der Waals surface area contributed by atoms with Gasteiger partial charge in [-0.3, -0.25) is 0 Å². The van der Waals surface area contributed by atoms with Crippen LogP contribution < -0.4 is 5.73 Å². The van der Waals surface area contributed by atoms with Crippen molar-refractivity contribution < 1.29 is 4.74 Å². The maximum Gasteiger partial charge on any atom is 0.0972 e. The van der Waals surface area contributed by atoms with Crippen LogP contribution in [0.4, 0.5) is 0 Å². The lowest BCUT2D eigenvalue weighted by Gasteiger charge is -2.20. The largest absolute Gasteiger partial charge is 0.372 e. The van der Waals surface area contributed by atoms with E-state index in [1.54, 1.807) is 0 Å². The summed E-state index contributed by atoms with van der Waals surface area (Å²) in [4.78, 5) is 0. The number of hydrogen-bond acceptors (Lipinski definition) is 2. The van der Waals surface area contributed by atoms with Crippen molar-refractivity contribution in [2.24, 2.45) is 5.73 Å². The molecule has 1 aromatic rings. The molecule has 0 aliphatic rings. The molecule has 2 atom stereocenters. The van der Waals surface area contributed by atoms with E-state index in [9.17, 15) is 0 Å². The first-order valence-electron chi connectivity index (χ1n) is 4.67. The first-order valence-corrected chi connectivity index (χ1v) is 4.67. The van der Waals surface area contributed by atoms with Crippen LogP contribution in [0.2, 0.25) is 0 Å². The van der Waals surface area contributed by atoms with E-state index in [0.29, 0.717) is 6.61 Å². The molecule has 1 aromatic carbocycles. The molecule has 0 radical (unpaired) electrons. The lowest BCUT2D eigenvalue weighted by Crippen LogP contribution is -2.26. The predicted octanol–water partition coefficient (Wildman–Crippen LogP) is 2.11. The summed E-state index contributed by atoms with van der Waals surface area (Å²) in [6.07, 6.45) is 0.0196. The molecule has 2 heteroatoms. The van der Waals surface area contributed by atoms with Crippen molar-refractivity contribution in [1.29, 1.82) is 0 Å². The molecule has 0 fully saturated rings. The van der Waals surface area contributed by atoms with Gasteiger partial charge < -0.3 is 10.5 Å². The Balaban J connectivity index is 2.76. The summed E-state index contributed by atoms with van der Waals surface area (Å²) < 4.78 is 5.56. The highest BCUT2D eigenvalue weighted by molar-refractivity contribution is 5.18. The molecule has 1 rings (SSSR count). The molecule has 0 aromatic heterocycles. The smallest absolute Gasteiger partial charge is 0.0972 e. The van der Waals surface area contributed by atoms with E-state index in [-0.39, 0.29) is 12.1 Å². The van der Waals surface area contributed by atoms with Gasteiger partial charge in [-0.15, -0.1) is 0 Å². The number of nitrogens with two attached hydrogens (primary N) is 1. The molecule has 13 heavy (non-hydrogen) atoms. The van der Waals surface area contributed by atoms with Gasteiger partial charge >= 0.3 is 0 Å². The van der Waals surface area contributed by atoms with Crippen LogP contribution in [0.1, 0.15) is 25.5 Å². The van der Waals surface area contributed by atoms with Crippen LogP contribution in [0.15, 0.2) is 30.3 Å². The van der Waals surface area contributed by atoms with E-state index in [1.807, 2.05) is 44.2 Å². The van der Waals surface area contributed by atoms with Crippen LogP contribution in [-0.2, 0) is 4.74 Å². The molecule has 72 valence electrons. The van der Waals surface area contributed by atoms with Crippen molar-refractivity contribution in [3.8, 4) is 0 Å². The van der Waals surface area contributed by atoms with Gasteiger partial charge in [0.2, 0.25) is 0 Å². The average molecular weight is 179 g/mol. The SMILES string of the molecule is CCO[C@@H](c1ccccc1)[C@H](C)N. The minimum Gasteiger partial charge on any atom is -0.372 e. The van der Waals surface area contributed by atoms with Crippen molar-refractivity contribution >= 4 is 0 Å². The number of benzene rings is 1. The summed E-state index contributed by atoms with van der Waals surface area (Å²) in [6.45, 7) is 4.65. The van der Waals surface area contributed by atoms with E-state index in [0.717, 1.165) is 5.56 Å². The fraction of sp³-hybridized carbons (Fsp3) is 0.455. The van der Waals surface area contributed by atoms with Crippen molar-refractivity contribution in [2.45, 2.75) is 26.0 Å². The van der Waals surface area contributed by atoms with Gasteiger partial charge in [-0.1, -0.05) is 30.3 Å². The lowest BCUT2D eigenvalue weighted by atomic mass is 10.0. The third kappa shape index (κ3) is 2.83. The zero-order valence-corrected chi connectivity index (χ0v) is 8.23. The Kier molecular flexibility index (Phi) is 3.93. The third-order valence-corrected chi connectivity index (χ3v) is 1.95. The topological polar surface area (TPSA) is 35.2 Å². The van der Waals surface area contributed by atoms with Crippen molar-refractivity contribution in [1.82, 2.24) is 0 Å². The number of ether oxygens (including phenoxy) is 1. The molecule has 0 spiro atoms. The first kappa shape index (κ1) is 10.2. The van der Waals surface area contributed by atoms with Crippen molar-refractivity contribution in [3.63, 3.8) is 0 Å². The molecule has 0 heterocycles. The Morgan fingerprint density at radius 2 is 1.92 bits per heavy atom. The Morgan fingerprint density at radius 1 is 1.31 bits per heavy atom. The molecule has 0 aliphatic heterocycles. The number of rotatable bonds is 4. The molecule has 0 aliphatic carbocycles. The molecular weight excluding hydrogens is 162 g/mol. The Labute approximate surface area is 79.7 Å². The highest BCUT2D eigenvalue weighted by Crippen LogP contribution is 2.19. The summed E-state index contributed by atoms with van der Waals surface area (Å²) >= 11 is 0. The highest BCUT2D eigenvalue weighted by Gasteiger charge is 2.14. The van der Waals surface area contributed by atoms with Crippen LogP contribution >= 0.6 is 0 Å². The molecule has 2 nitrogen and oxygen atoms in total. The molecule has 0 amide bonds. The van der Waals surface area contributed by atoms with Gasteiger partial charge in [-0.2, -0.15) is 0 Å². The van der Waals surface area contributed by atoms with Crippen molar-refractivity contribution in [3.05, 3.63) is 35.9 Å². The van der Waals surface area contributed by atoms with E-state index in [1.165, 1.54) is 0 Å². The fourth-order valence-electron chi connectivity index (χ4n) is 1.37. The fourth-order valence-corrected chi connectivity index (χ4v) is 1.37. The second-order valence-electron chi connectivity index (χ2n) is 3.15. The summed E-state index contributed by atoms with van der Waals surface area (Å²) in [5, 5.41) is 0. The second kappa shape index (κ2) is 5.00. The van der Waals surface area contributed by atoms with Gasteiger partial charge in [0.1, 0.15) is 0 Å². The normalized spacial score (nSPS) is 15.3. The van der Waals surface area contributed by atoms with Gasteiger partial charge in [0.05, 0.1) is 6.10 Å². The van der Waals surface area contributed by atoms with Crippen LogP contribution in [0, 0.1) is 0 Å². The summed E-state index contributed by atoms with van der Waals surface area (Å²) in [6, 6.07) is 10.1. The van der Waals surface area contributed by atoms with Gasteiger partial charge in [0, 0.05) is 12.6 Å². The Morgan fingerprint density at radius 3 is 2.38 bits per heavy atom. The molecule has 0 bridgehead atoms. The molecule has 0 saturated heterocycles. The average Bonchev–Trinajstić information content (AvgIpc) is 2.15. The summed E-state index contributed by atoms with van der Waals surface area (Å²) in [5.41, 5.74) is 6.98. The zero-order chi connectivity index (χ0) is 9.68. The van der Waals surface area contributed by atoms with Crippen molar-refractivity contribution in [2.75, 3.05) is 6.61 Å². The molecule has 0 saturated carbocycles. The van der Waals surface area contributed by atoms with Crippen LogP contribution in [0.5, 0.6) is 0 Å². The minimum atomic E-state index is 0.0196. The first-order chi connectivity index (χ1) is 6.25. The molecular formula is C11H17NO. The lowest BCUT2D eigenvalue weighted by molar-refractivity contribution is 0.0475. The quantitative estimate of drug-likeness (QED) is 0.768. The van der Waals surface area contributed by atoms with Gasteiger partial charge in [-0.25, -0.2) is 0 Å². The Hall–Kier alpha value is -0.860. The Bertz CT molecular complexity index is 233.